The summed E-state index contributed by atoms with van der Waals surface area (Å²) in [6.45, 7) is 5.58. The third kappa shape index (κ3) is 2.91. The fourth-order valence-electron chi connectivity index (χ4n) is 0.957. The molecule has 0 N–H and O–H groups in total. The second-order valence-electron chi connectivity index (χ2n) is 3.89. The highest BCUT2D eigenvalue weighted by molar-refractivity contribution is 9.10. The van der Waals surface area contributed by atoms with Crippen molar-refractivity contribution in [1.82, 2.24) is 0 Å². The van der Waals surface area contributed by atoms with Crippen molar-refractivity contribution < 1.29 is 13.5 Å². The van der Waals surface area contributed by atoms with Gasteiger partial charge < -0.3 is 4.74 Å². The van der Waals surface area contributed by atoms with Gasteiger partial charge in [0, 0.05) is 0 Å². The lowest BCUT2D eigenvalue weighted by molar-refractivity contribution is 0.0983. The van der Waals surface area contributed by atoms with Crippen molar-refractivity contribution >= 4 is 15.9 Å². The molecule has 0 saturated heterocycles. The molecule has 4 heteroatoms. The summed E-state index contributed by atoms with van der Waals surface area (Å²) >= 11 is 2.91. The Morgan fingerprint density at radius 2 is 1.87 bits per heavy atom. The first-order valence-corrected chi connectivity index (χ1v) is 5.49. The van der Waals surface area contributed by atoms with E-state index in [0.29, 0.717) is 6.42 Å². The molecule has 0 atom stereocenters. The number of halogens is 3. The molecule has 15 heavy (non-hydrogen) atoms. The Bertz CT molecular complexity index is 364. The molecular formula is C11H13BrF2O. The van der Waals surface area contributed by atoms with Crippen molar-refractivity contribution in [2.24, 2.45) is 0 Å². The van der Waals surface area contributed by atoms with Gasteiger partial charge in [-0.3, -0.25) is 0 Å². The summed E-state index contributed by atoms with van der Waals surface area (Å²) in [5, 5.41) is 0. The predicted molar refractivity (Wildman–Crippen MR) is 59.1 cm³/mol. The zero-order chi connectivity index (χ0) is 11.6. The summed E-state index contributed by atoms with van der Waals surface area (Å²) < 4.78 is 32.0. The molecule has 0 aliphatic carbocycles. The minimum Gasteiger partial charge on any atom is -0.485 e. The first kappa shape index (κ1) is 12.4. The van der Waals surface area contributed by atoms with Crippen LogP contribution < -0.4 is 4.74 Å². The van der Waals surface area contributed by atoms with E-state index in [0.717, 1.165) is 0 Å². The van der Waals surface area contributed by atoms with Gasteiger partial charge in [-0.1, -0.05) is 6.92 Å². The standard InChI is InChI=1S/C11H13BrF2O/c1-4-11(2,3)15-8-6-5-7(12)9(13)10(8)14/h5-6H,4H2,1-3H3. The first-order valence-electron chi connectivity index (χ1n) is 4.70. The molecule has 0 bridgehead atoms. The molecule has 1 rings (SSSR count). The number of hydrogen-bond donors (Lipinski definition) is 0. The molecule has 0 radical (unpaired) electrons. The van der Waals surface area contributed by atoms with E-state index < -0.39 is 17.2 Å². The molecule has 1 aromatic rings. The molecule has 0 spiro atoms. The fraction of sp³-hybridized carbons (Fsp3) is 0.455. The normalized spacial score (nSPS) is 11.6. The van der Waals surface area contributed by atoms with Gasteiger partial charge in [0.15, 0.2) is 11.6 Å². The molecule has 0 fully saturated rings. The number of hydrogen-bond acceptors (Lipinski definition) is 1. The van der Waals surface area contributed by atoms with Crippen molar-refractivity contribution in [3.63, 3.8) is 0 Å². The smallest absolute Gasteiger partial charge is 0.201 e. The molecule has 0 unspecified atom stereocenters. The summed E-state index contributed by atoms with van der Waals surface area (Å²) in [6.07, 6.45) is 0.712. The van der Waals surface area contributed by atoms with Crippen molar-refractivity contribution in [2.45, 2.75) is 32.8 Å². The van der Waals surface area contributed by atoms with Crippen LogP contribution in [0.3, 0.4) is 0 Å². The van der Waals surface area contributed by atoms with E-state index in [1.54, 1.807) is 0 Å². The Morgan fingerprint density at radius 1 is 1.27 bits per heavy atom. The van der Waals surface area contributed by atoms with E-state index in [-0.39, 0.29) is 10.2 Å². The Kier molecular flexibility index (Phi) is 3.71. The SMILES string of the molecule is CCC(C)(C)Oc1ccc(Br)c(F)c1F. The molecular weight excluding hydrogens is 266 g/mol. The van der Waals surface area contributed by atoms with Crippen LogP contribution in [-0.4, -0.2) is 5.60 Å². The van der Waals surface area contributed by atoms with Crippen LogP contribution in [0.4, 0.5) is 8.78 Å². The van der Waals surface area contributed by atoms with Gasteiger partial charge in [-0.2, -0.15) is 4.39 Å². The number of rotatable bonds is 3. The highest BCUT2D eigenvalue weighted by Gasteiger charge is 2.21. The van der Waals surface area contributed by atoms with Crippen molar-refractivity contribution in [2.75, 3.05) is 0 Å². The van der Waals surface area contributed by atoms with Gasteiger partial charge in [-0.05, 0) is 48.3 Å². The van der Waals surface area contributed by atoms with E-state index in [1.165, 1.54) is 12.1 Å². The van der Waals surface area contributed by atoms with E-state index in [4.69, 9.17) is 4.74 Å². The van der Waals surface area contributed by atoms with E-state index >= 15 is 0 Å². The van der Waals surface area contributed by atoms with Gasteiger partial charge in [0.1, 0.15) is 5.60 Å². The van der Waals surface area contributed by atoms with Crippen LogP contribution >= 0.6 is 15.9 Å². The Labute approximate surface area is 96.6 Å². The van der Waals surface area contributed by atoms with Gasteiger partial charge in [0.25, 0.3) is 0 Å². The zero-order valence-electron chi connectivity index (χ0n) is 8.90. The van der Waals surface area contributed by atoms with Gasteiger partial charge in [0.05, 0.1) is 4.47 Å². The fourth-order valence-corrected chi connectivity index (χ4v) is 1.26. The monoisotopic (exact) mass is 278 g/mol. The summed E-state index contributed by atoms with van der Waals surface area (Å²) in [7, 11) is 0. The Hall–Kier alpha value is -0.640. The van der Waals surface area contributed by atoms with Gasteiger partial charge in [-0.15, -0.1) is 0 Å². The van der Waals surface area contributed by atoms with Crippen LogP contribution in [-0.2, 0) is 0 Å². The molecule has 0 aromatic heterocycles. The summed E-state index contributed by atoms with van der Waals surface area (Å²) in [6, 6.07) is 2.85. The van der Waals surface area contributed by atoms with Crippen molar-refractivity contribution in [1.29, 1.82) is 0 Å². The average Bonchev–Trinajstić information content (AvgIpc) is 2.19. The van der Waals surface area contributed by atoms with Gasteiger partial charge >= 0.3 is 0 Å². The molecule has 84 valence electrons. The largest absolute Gasteiger partial charge is 0.485 e. The topological polar surface area (TPSA) is 9.23 Å². The molecule has 0 aliphatic rings. The maximum atomic E-state index is 13.4. The number of ether oxygens (including phenoxy) is 1. The van der Waals surface area contributed by atoms with Crippen LogP contribution in [0.15, 0.2) is 16.6 Å². The van der Waals surface area contributed by atoms with Crippen LogP contribution in [0.2, 0.25) is 0 Å². The Morgan fingerprint density at radius 3 is 2.40 bits per heavy atom. The average molecular weight is 279 g/mol. The molecule has 0 heterocycles. The van der Waals surface area contributed by atoms with Crippen LogP contribution in [0.25, 0.3) is 0 Å². The third-order valence-corrected chi connectivity index (χ3v) is 2.85. The molecule has 0 amide bonds. The van der Waals surface area contributed by atoms with Crippen molar-refractivity contribution in [3.05, 3.63) is 28.2 Å². The summed E-state index contributed by atoms with van der Waals surface area (Å²) in [5.41, 5.74) is -0.499. The maximum Gasteiger partial charge on any atom is 0.201 e. The molecule has 1 nitrogen and oxygen atoms in total. The summed E-state index contributed by atoms with van der Waals surface area (Å²) in [4.78, 5) is 0. The van der Waals surface area contributed by atoms with E-state index in [9.17, 15) is 8.78 Å². The highest BCUT2D eigenvalue weighted by Crippen LogP contribution is 2.29. The van der Waals surface area contributed by atoms with Gasteiger partial charge in [-0.25, -0.2) is 4.39 Å². The number of benzene rings is 1. The lowest BCUT2D eigenvalue weighted by atomic mass is 10.1. The zero-order valence-corrected chi connectivity index (χ0v) is 10.5. The lowest BCUT2D eigenvalue weighted by Crippen LogP contribution is -2.27. The first-order chi connectivity index (χ1) is 6.87. The molecule has 0 saturated carbocycles. The van der Waals surface area contributed by atoms with Crippen LogP contribution in [0, 0.1) is 11.6 Å². The van der Waals surface area contributed by atoms with Crippen molar-refractivity contribution in [3.8, 4) is 5.75 Å². The van der Waals surface area contributed by atoms with Gasteiger partial charge in [0.2, 0.25) is 5.82 Å². The second kappa shape index (κ2) is 4.47. The maximum absolute atomic E-state index is 13.4. The molecule has 1 aromatic carbocycles. The Balaban J connectivity index is 3.02. The van der Waals surface area contributed by atoms with Crippen LogP contribution in [0.5, 0.6) is 5.75 Å². The van der Waals surface area contributed by atoms with Crippen LogP contribution in [0.1, 0.15) is 27.2 Å². The third-order valence-electron chi connectivity index (χ3n) is 2.24. The van der Waals surface area contributed by atoms with E-state index in [1.807, 2.05) is 20.8 Å². The minimum atomic E-state index is -0.953. The van der Waals surface area contributed by atoms with E-state index in [2.05, 4.69) is 15.9 Å². The minimum absolute atomic E-state index is 0.0532. The second-order valence-corrected chi connectivity index (χ2v) is 4.74. The highest BCUT2D eigenvalue weighted by atomic mass is 79.9. The lowest BCUT2D eigenvalue weighted by Gasteiger charge is -2.25. The summed E-state index contributed by atoms with van der Waals surface area (Å²) in [5.74, 6) is -1.92. The molecule has 0 aliphatic heterocycles. The quantitative estimate of drug-likeness (QED) is 0.750. The predicted octanol–water partition coefficient (Wildman–Crippen LogP) is 4.29.